The van der Waals surface area contributed by atoms with Gasteiger partial charge in [0.1, 0.15) is 13.2 Å². The molecule has 0 radical (unpaired) electrons. The van der Waals surface area contributed by atoms with Crippen LogP contribution in [0.4, 0.5) is 10.5 Å². The van der Waals surface area contributed by atoms with Gasteiger partial charge in [-0.1, -0.05) is 12.1 Å². The fourth-order valence-electron chi connectivity index (χ4n) is 5.21. The monoisotopic (exact) mass is 492 g/mol. The normalized spacial score (nSPS) is 16.1. The molecule has 2 aromatic carbocycles. The molecule has 2 aliphatic heterocycles. The van der Waals surface area contributed by atoms with Crippen LogP contribution in [0, 0.1) is 0 Å². The van der Waals surface area contributed by atoms with Crippen LogP contribution in [0.2, 0.25) is 0 Å². The Morgan fingerprint density at radius 3 is 2.58 bits per heavy atom. The first kappa shape index (κ1) is 24.0. The Kier molecular flexibility index (Phi) is 6.99. The van der Waals surface area contributed by atoms with Gasteiger partial charge in [-0.15, -0.1) is 0 Å². The molecule has 5 rings (SSSR count). The van der Waals surface area contributed by atoms with Gasteiger partial charge in [-0.3, -0.25) is 4.79 Å². The summed E-state index contributed by atoms with van der Waals surface area (Å²) in [4.78, 5) is 28.6. The third-order valence-corrected chi connectivity index (χ3v) is 7.14. The number of ether oxygens (including phenoxy) is 2. The molecule has 0 spiro atoms. The Morgan fingerprint density at radius 2 is 1.83 bits per heavy atom. The number of amides is 1. The third kappa shape index (κ3) is 4.97. The van der Waals surface area contributed by atoms with Crippen LogP contribution < -0.4 is 20.3 Å². The lowest BCUT2D eigenvalue weighted by Crippen LogP contribution is -2.47. The molecule has 3 heterocycles. The molecule has 1 saturated heterocycles. The standard InChI is InChI=1S/C27H32N4O5/c1-28-22-3-2-4-23-21(22)6-8-26(32)30(23)14-13-29-11-9-20(10-12-29)31(27(33)34)18-19-5-7-24-25(17-19)36-16-15-35-24/h2-8,17,20,28H,9-16,18H2,1H3,(H,33,34). The van der Waals surface area contributed by atoms with E-state index in [9.17, 15) is 14.7 Å². The maximum absolute atomic E-state index is 12.6. The molecular weight excluding hydrogens is 460 g/mol. The zero-order chi connectivity index (χ0) is 25.1. The topological polar surface area (TPSA) is 96.3 Å². The number of nitrogens with zero attached hydrogens (tertiary/aromatic N) is 3. The van der Waals surface area contributed by atoms with Gasteiger partial charge in [0.05, 0.1) is 5.52 Å². The molecular formula is C27H32N4O5. The van der Waals surface area contributed by atoms with Crippen molar-refractivity contribution in [3.05, 3.63) is 64.4 Å². The van der Waals surface area contributed by atoms with Crippen LogP contribution >= 0.6 is 0 Å². The second kappa shape index (κ2) is 10.5. The third-order valence-electron chi connectivity index (χ3n) is 7.14. The first-order chi connectivity index (χ1) is 17.5. The number of piperidine rings is 1. The lowest BCUT2D eigenvalue weighted by molar-refractivity contribution is 0.0856. The van der Waals surface area contributed by atoms with Gasteiger partial charge < -0.3 is 34.3 Å². The largest absolute Gasteiger partial charge is 0.486 e. The van der Waals surface area contributed by atoms with Gasteiger partial charge in [-0.05, 0) is 48.7 Å². The van der Waals surface area contributed by atoms with Gasteiger partial charge in [0.25, 0.3) is 5.56 Å². The average Bonchev–Trinajstić information content (AvgIpc) is 2.91. The average molecular weight is 493 g/mol. The van der Waals surface area contributed by atoms with Crippen molar-refractivity contribution in [3.63, 3.8) is 0 Å². The zero-order valence-corrected chi connectivity index (χ0v) is 20.5. The highest BCUT2D eigenvalue weighted by Crippen LogP contribution is 2.32. The summed E-state index contributed by atoms with van der Waals surface area (Å²) in [6, 6.07) is 15.0. The number of nitrogens with one attached hydrogen (secondary N) is 1. The molecule has 0 bridgehead atoms. The van der Waals surface area contributed by atoms with Crippen LogP contribution in [0.15, 0.2) is 53.3 Å². The number of aromatic nitrogens is 1. The van der Waals surface area contributed by atoms with Crippen LogP contribution in [0.25, 0.3) is 10.9 Å². The van der Waals surface area contributed by atoms with Gasteiger partial charge in [0.15, 0.2) is 11.5 Å². The Morgan fingerprint density at radius 1 is 1.06 bits per heavy atom. The van der Waals surface area contributed by atoms with E-state index in [1.807, 2.05) is 54.1 Å². The van der Waals surface area contributed by atoms with E-state index in [4.69, 9.17) is 9.47 Å². The zero-order valence-electron chi connectivity index (χ0n) is 20.5. The fraction of sp³-hybridized carbons (Fsp3) is 0.407. The van der Waals surface area contributed by atoms with E-state index in [2.05, 4.69) is 10.2 Å². The second-order valence-corrected chi connectivity index (χ2v) is 9.27. The minimum atomic E-state index is -0.911. The first-order valence-electron chi connectivity index (χ1n) is 12.4. The molecule has 36 heavy (non-hydrogen) atoms. The number of carboxylic acid groups (broad SMARTS) is 1. The highest BCUT2D eigenvalue weighted by atomic mass is 16.6. The number of hydrogen-bond acceptors (Lipinski definition) is 6. The molecule has 2 N–H and O–H groups in total. The summed E-state index contributed by atoms with van der Waals surface area (Å²) in [6.45, 7) is 4.25. The first-order valence-corrected chi connectivity index (χ1v) is 12.4. The highest BCUT2D eigenvalue weighted by Gasteiger charge is 2.28. The number of likely N-dealkylation sites (tertiary alicyclic amines) is 1. The van der Waals surface area contributed by atoms with Crippen LogP contribution in [0.5, 0.6) is 11.5 Å². The van der Waals surface area contributed by atoms with Gasteiger partial charge >= 0.3 is 6.09 Å². The van der Waals surface area contributed by atoms with Gasteiger partial charge in [0.2, 0.25) is 0 Å². The van der Waals surface area contributed by atoms with Gasteiger partial charge in [-0.2, -0.15) is 0 Å². The highest BCUT2D eigenvalue weighted by molar-refractivity contribution is 5.91. The summed E-state index contributed by atoms with van der Waals surface area (Å²) in [5, 5.41) is 14.1. The molecule has 9 nitrogen and oxygen atoms in total. The van der Waals surface area contributed by atoms with Crippen molar-refractivity contribution >= 4 is 22.7 Å². The number of rotatable bonds is 7. The molecule has 0 saturated carbocycles. The number of hydrogen-bond donors (Lipinski definition) is 2. The Labute approximate surface area is 209 Å². The summed E-state index contributed by atoms with van der Waals surface area (Å²) in [5.41, 5.74) is 2.79. The Balaban J connectivity index is 1.21. The summed E-state index contributed by atoms with van der Waals surface area (Å²) in [6.07, 6.45) is 0.599. The Bertz CT molecular complexity index is 1300. The van der Waals surface area contributed by atoms with E-state index < -0.39 is 6.09 Å². The summed E-state index contributed by atoms with van der Waals surface area (Å²) in [5.74, 6) is 1.37. The smallest absolute Gasteiger partial charge is 0.407 e. The number of benzene rings is 2. The quantitative estimate of drug-likeness (QED) is 0.521. The SMILES string of the molecule is CNc1cccc2c1ccc(=O)n2CCN1CCC(N(Cc2ccc3c(c2)OCCO3)C(=O)O)CC1. The molecule has 0 atom stereocenters. The molecule has 0 aliphatic carbocycles. The van der Waals surface area contributed by atoms with Crippen LogP contribution in [0.3, 0.4) is 0 Å². The van der Waals surface area contributed by atoms with E-state index in [1.165, 1.54) is 4.90 Å². The molecule has 2 aliphatic rings. The van der Waals surface area contributed by atoms with Crippen LogP contribution in [-0.4, -0.2) is 71.5 Å². The minimum absolute atomic E-state index is 0.0119. The number of fused-ring (bicyclic) bond motifs is 2. The molecule has 1 fully saturated rings. The fourth-order valence-corrected chi connectivity index (χ4v) is 5.21. The summed E-state index contributed by atoms with van der Waals surface area (Å²) >= 11 is 0. The van der Waals surface area contributed by atoms with Crippen LogP contribution in [0.1, 0.15) is 18.4 Å². The van der Waals surface area contributed by atoms with Crippen LogP contribution in [-0.2, 0) is 13.1 Å². The molecule has 9 heteroatoms. The Hall–Kier alpha value is -3.72. The van der Waals surface area contributed by atoms with E-state index >= 15 is 0 Å². The predicted molar refractivity (Wildman–Crippen MR) is 138 cm³/mol. The van der Waals surface area contributed by atoms with E-state index in [0.717, 1.165) is 54.6 Å². The number of pyridine rings is 1. The van der Waals surface area contributed by atoms with Crippen molar-refractivity contribution in [2.24, 2.45) is 0 Å². The number of anilines is 1. The maximum atomic E-state index is 12.6. The van der Waals surface area contributed by atoms with E-state index in [-0.39, 0.29) is 11.6 Å². The molecule has 3 aromatic rings. The van der Waals surface area contributed by atoms with Gasteiger partial charge in [-0.25, -0.2) is 4.79 Å². The maximum Gasteiger partial charge on any atom is 0.407 e. The van der Waals surface area contributed by atoms with Gasteiger partial charge in [0, 0.05) is 63.0 Å². The van der Waals surface area contributed by atoms with Crippen molar-refractivity contribution in [3.8, 4) is 11.5 Å². The lowest BCUT2D eigenvalue weighted by Gasteiger charge is -2.37. The molecule has 1 aromatic heterocycles. The van der Waals surface area contributed by atoms with Crippen molar-refractivity contribution < 1.29 is 19.4 Å². The van der Waals surface area contributed by atoms with E-state index in [1.54, 1.807) is 6.07 Å². The van der Waals surface area contributed by atoms with Crippen molar-refractivity contribution in [2.75, 3.05) is 45.2 Å². The summed E-state index contributed by atoms with van der Waals surface area (Å²) < 4.78 is 13.1. The lowest BCUT2D eigenvalue weighted by atomic mass is 10.0. The van der Waals surface area contributed by atoms with Crippen molar-refractivity contribution in [1.29, 1.82) is 0 Å². The molecule has 0 unspecified atom stereocenters. The van der Waals surface area contributed by atoms with Crippen molar-refractivity contribution in [2.45, 2.75) is 32.0 Å². The second-order valence-electron chi connectivity index (χ2n) is 9.27. The molecule has 190 valence electrons. The summed E-state index contributed by atoms with van der Waals surface area (Å²) in [7, 11) is 1.88. The predicted octanol–water partition coefficient (Wildman–Crippen LogP) is 3.46. The number of carbonyl (C=O) groups is 1. The van der Waals surface area contributed by atoms with E-state index in [0.29, 0.717) is 37.8 Å². The minimum Gasteiger partial charge on any atom is -0.486 e. The van der Waals surface area contributed by atoms with Crippen molar-refractivity contribution in [1.82, 2.24) is 14.4 Å². The molecule has 1 amide bonds.